The molecule has 11 heteroatoms. The molecule has 2 aromatic carbocycles. The van der Waals surface area contributed by atoms with Gasteiger partial charge in [0.1, 0.15) is 0 Å². The van der Waals surface area contributed by atoms with Gasteiger partial charge in [-0.2, -0.15) is 8.42 Å². The minimum absolute atomic E-state index is 0.255. The molecular formula is C30H32NO6S4-. The molecular weight excluding hydrogens is 599 g/mol. The Morgan fingerprint density at radius 1 is 1.10 bits per heavy atom. The van der Waals surface area contributed by atoms with Crippen molar-refractivity contribution in [3.05, 3.63) is 74.6 Å². The molecule has 2 heterocycles. The van der Waals surface area contributed by atoms with Crippen molar-refractivity contribution >= 4 is 65.2 Å². The Morgan fingerprint density at radius 2 is 1.88 bits per heavy atom. The lowest BCUT2D eigenvalue weighted by Gasteiger charge is -2.21. The Bertz CT molecular complexity index is 1790. The van der Waals surface area contributed by atoms with Crippen LogP contribution in [0.15, 0.2) is 58.0 Å². The van der Waals surface area contributed by atoms with Crippen LogP contribution in [0, 0.1) is 18.8 Å². The number of aryl methyl sites for hydroxylation is 2. The summed E-state index contributed by atoms with van der Waals surface area (Å²) in [6.45, 7) is 6.26. The van der Waals surface area contributed by atoms with Crippen molar-refractivity contribution in [1.29, 1.82) is 0 Å². The van der Waals surface area contributed by atoms with Gasteiger partial charge in [0.2, 0.25) is 0 Å². The number of rotatable bonds is 11. The molecule has 0 unspecified atom stereocenters. The standard InChI is InChI=1S/C30H33NO6S4/c1-4-8-23-11-13-28-26(18-23)31(14-7-16-41(35,36)37)30(39-28)20-22(5-2)19-29-24(9-6-15-40(32,33)34)25-17-21(3)10-12-27(25)38-29/h10-13,17-20H,5-7,9,14-16H2,1-3H3,(H,32,33,34)(H,35,36,37)/p-1/b22-19?,30-20-. The van der Waals surface area contributed by atoms with Crippen LogP contribution < -0.4 is 4.90 Å². The van der Waals surface area contributed by atoms with E-state index in [-0.39, 0.29) is 18.6 Å². The van der Waals surface area contributed by atoms with Gasteiger partial charge < -0.3 is 9.45 Å². The van der Waals surface area contributed by atoms with E-state index in [0.717, 1.165) is 59.3 Å². The molecule has 0 fully saturated rings. The van der Waals surface area contributed by atoms with Gasteiger partial charge in [-0.3, -0.25) is 4.55 Å². The molecule has 1 aliphatic heterocycles. The zero-order valence-corrected chi connectivity index (χ0v) is 26.4. The summed E-state index contributed by atoms with van der Waals surface area (Å²) in [7, 11) is -8.37. The SMILES string of the molecule is CC#Cc1ccc2c(c1)N(CCCS(=O)(=O)O)/C(=C/C(=Cc1sc3ccc(C)cc3c1CCCS(=O)(=O)[O-])CC)S2. The van der Waals surface area contributed by atoms with Crippen LogP contribution in [0.5, 0.6) is 0 Å². The van der Waals surface area contributed by atoms with Gasteiger partial charge in [0.15, 0.2) is 0 Å². The van der Waals surface area contributed by atoms with E-state index >= 15 is 0 Å². The minimum atomic E-state index is -4.29. The van der Waals surface area contributed by atoms with Crippen LogP contribution in [0.1, 0.15) is 54.7 Å². The molecule has 0 saturated carbocycles. The third kappa shape index (κ3) is 8.47. The van der Waals surface area contributed by atoms with Gasteiger partial charge >= 0.3 is 0 Å². The zero-order chi connectivity index (χ0) is 29.8. The average Bonchev–Trinajstić information content (AvgIpc) is 3.39. The summed E-state index contributed by atoms with van der Waals surface area (Å²) in [6, 6.07) is 12.2. The zero-order valence-electron chi connectivity index (χ0n) is 23.1. The summed E-state index contributed by atoms with van der Waals surface area (Å²) in [6.07, 6.45) is 5.95. The number of fused-ring (bicyclic) bond motifs is 2. The third-order valence-corrected chi connectivity index (χ3v) is 10.5. The highest BCUT2D eigenvalue weighted by Gasteiger charge is 2.26. The molecule has 1 aromatic heterocycles. The molecule has 4 rings (SSSR count). The van der Waals surface area contributed by atoms with E-state index in [9.17, 15) is 25.9 Å². The number of hydrogen-bond donors (Lipinski definition) is 1. The lowest BCUT2D eigenvalue weighted by atomic mass is 10.0. The van der Waals surface area contributed by atoms with Crippen molar-refractivity contribution in [2.24, 2.45) is 0 Å². The van der Waals surface area contributed by atoms with Crippen molar-refractivity contribution in [2.45, 2.75) is 51.3 Å². The molecule has 218 valence electrons. The predicted molar refractivity (Wildman–Crippen MR) is 169 cm³/mol. The summed E-state index contributed by atoms with van der Waals surface area (Å²) < 4.78 is 66.9. The van der Waals surface area contributed by atoms with E-state index in [1.165, 1.54) is 0 Å². The summed E-state index contributed by atoms with van der Waals surface area (Å²) in [5.41, 5.74) is 5.01. The Morgan fingerprint density at radius 3 is 2.56 bits per heavy atom. The van der Waals surface area contributed by atoms with Crippen LogP contribution >= 0.6 is 23.1 Å². The van der Waals surface area contributed by atoms with Crippen molar-refractivity contribution in [3.8, 4) is 11.8 Å². The van der Waals surface area contributed by atoms with Gasteiger partial charge in [-0.05, 0) is 92.5 Å². The number of thiophene rings is 1. The van der Waals surface area contributed by atoms with Crippen LogP contribution in [-0.2, 0) is 26.7 Å². The Labute approximate surface area is 250 Å². The van der Waals surface area contributed by atoms with Crippen LogP contribution in [0.25, 0.3) is 16.2 Å². The first kappa shape index (κ1) is 31.3. The molecule has 0 aliphatic carbocycles. The second kappa shape index (κ2) is 13.2. The normalized spacial score (nSPS) is 14.9. The van der Waals surface area contributed by atoms with E-state index in [4.69, 9.17) is 0 Å². The smallest absolute Gasteiger partial charge is 0.264 e. The van der Waals surface area contributed by atoms with Crippen molar-refractivity contribution in [3.63, 3.8) is 0 Å². The topological polar surface area (TPSA) is 115 Å². The van der Waals surface area contributed by atoms with Crippen molar-refractivity contribution < 1.29 is 25.9 Å². The first-order valence-corrected chi connectivity index (χ1v) is 18.0. The number of nitrogens with zero attached hydrogens (tertiary/aromatic N) is 1. The molecule has 0 amide bonds. The average molecular weight is 631 g/mol. The highest BCUT2D eigenvalue weighted by atomic mass is 32.2. The van der Waals surface area contributed by atoms with Crippen LogP contribution in [-0.4, -0.2) is 44.0 Å². The fraction of sp³-hybridized carbons (Fsp3) is 0.333. The van der Waals surface area contributed by atoms with Crippen LogP contribution in [0.3, 0.4) is 0 Å². The fourth-order valence-corrected chi connectivity index (χ4v) is 8.07. The van der Waals surface area contributed by atoms with Gasteiger partial charge in [-0.25, -0.2) is 8.42 Å². The number of benzene rings is 2. The first-order chi connectivity index (χ1) is 19.4. The summed E-state index contributed by atoms with van der Waals surface area (Å²) in [4.78, 5) is 4.14. The molecule has 1 N–H and O–H groups in total. The Kier molecular flexibility index (Phi) is 10.1. The van der Waals surface area contributed by atoms with Gasteiger partial charge in [0, 0.05) is 32.3 Å². The van der Waals surface area contributed by atoms with E-state index in [1.807, 2.05) is 25.1 Å². The molecule has 0 saturated heterocycles. The molecule has 0 radical (unpaired) electrons. The summed E-state index contributed by atoms with van der Waals surface area (Å²) >= 11 is 3.24. The summed E-state index contributed by atoms with van der Waals surface area (Å²) in [5.74, 6) is 5.26. The number of thioether (sulfide) groups is 1. The fourth-order valence-electron chi connectivity index (χ4n) is 4.72. The highest BCUT2D eigenvalue weighted by Crippen LogP contribution is 2.47. The molecule has 0 atom stereocenters. The molecule has 41 heavy (non-hydrogen) atoms. The maximum Gasteiger partial charge on any atom is 0.264 e. The third-order valence-electron chi connectivity index (χ3n) is 6.62. The maximum atomic E-state index is 11.4. The number of hydrogen-bond acceptors (Lipinski definition) is 8. The number of anilines is 1. The lowest BCUT2D eigenvalue weighted by Crippen LogP contribution is -2.21. The second-order valence-electron chi connectivity index (χ2n) is 9.82. The number of allylic oxidation sites excluding steroid dienone is 2. The second-order valence-corrected chi connectivity index (χ2v) is 15.1. The monoisotopic (exact) mass is 630 g/mol. The largest absolute Gasteiger partial charge is 0.748 e. The van der Waals surface area contributed by atoms with Crippen molar-refractivity contribution in [2.75, 3.05) is 23.0 Å². The molecule has 3 aromatic rings. The van der Waals surface area contributed by atoms with Crippen LogP contribution in [0.4, 0.5) is 5.69 Å². The molecule has 0 bridgehead atoms. The van der Waals surface area contributed by atoms with Gasteiger partial charge in [-0.1, -0.05) is 42.3 Å². The summed E-state index contributed by atoms with van der Waals surface area (Å²) in [5, 5.41) is 2.02. The van der Waals surface area contributed by atoms with E-state index in [2.05, 4.69) is 54.0 Å². The Balaban J connectivity index is 1.73. The van der Waals surface area contributed by atoms with E-state index in [1.54, 1.807) is 30.0 Å². The minimum Gasteiger partial charge on any atom is -0.748 e. The molecule has 7 nitrogen and oxygen atoms in total. The lowest BCUT2D eigenvalue weighted by molar-refractivity contribution is 0.461. The van der Waals surface area contributed by atoms with Gasteiger partial charge in [0.05, 0.1) is 26.6 Å². The van der Waals surface area contributed by atoms with Crippen molar-refractivity contribution in [1.82, 2.24) is 0 Å². The van der Waals surface area contributed by atoms with Gasteiger partial charge in [0.25, 0.3) is 10.1 Å². The van der Waals surface area contributed by atoms with Crippen LogP contribution in [0.2, 0.25) is 0 Å². The quantitative estimate of drug-likeness (QED) is 0.187. The highest BCUT2D eigenvalue weighted by molar-refractivity contribution is 8.03. The predicted octanol–water partition coefficient (Wildman–Crippen LogP) is 6.58. The van der Waals surface area contributed by atoms with E-state index in [0.29, 0.717) is 13.0 Å². The Hall–Kier alpha value is -2.59. The van der Waals surface area contributed by atoms with Gasteiger partial charge in [-0.15, -0.1) is 17.3 Å². The maximum absolute atomic E-state index is 11.4. The molecule has 0 spiro atoms. The molecule has 1 aliphatic rings. The first-order valence-electron chi connectivity index (χ1n) is 13.2. The van der Waals surface area contributed by atoms with E-state index < -0.39 is 26.0 Å².